The van der Waals surface area contributed by atoms with Gasteiger partial charge >= 0.3 is 6.18 Å². The van der Waals surface area contributed by atoms with Crippen LogP contribution in [0.2, 0.25) is 0 Å². The van der Waals surface area contributed by atoms with Gasteiger partial charge in [-0.15, -0.1) is 0 Å². The van der Waals surface area contributed by atoms with E-state index in [2.05, 4.69) is 14.9 Å². The highest BCUT2D eigenvalue weighted by molar-refractivity contribution is 5.36. The van der Waals surface area contributed by atoms with Crippen molar-refractivity contribution in [1.29, 1.82) is 0 Å². The third-order valence-corrected chi connectivity index (χ3v) is 5.96. The number of aliphatic hydroxyl groups is 1. The lowest BCUT2D eigenvalue weighted by Gasteiger charge is -2.71. The molecule has 2 aliphatic heterocycles. The van der Waals surface area contributed by atoms with Gasteiger partial charge < -0.3 is 5.11 Å². The number of alkyl halides is 3. The third-order valence-electron chi connectivity index (χ3n) is 5.96. The average molecular weight is 392 g/mol. The Morgan fingerprint density at radius 3 is 2.39 bits per heavy atom. The molecule has 0 aliphatic carbocycles. The van der Waals surface area contributed by atoms with Crippen LogP contribution in [0.4, 0.5) is 13.2 Å². The lowest BCUT2D eigenvalue weighted by atomic mass is 9.60. The van der Waals surface area contributed by atoms with E-state index < -0.39 is 12.6 Å². The summed E-state index contributed by atoms with van der Waals surface area (Å²) in [6.45, 7) is 1.71. The SMILES string of the molecule is OC[C@H]1[C@@H](c2ccccc2)C2(CN(CCC(F)(F)F)C2)N1Cc1cncnc1. The number of likely N-dealkylation sites (tertiary alicyclic amines) is 2. The summed E-state index contributed by atoms with van der Waals surface area (Å²) in [4.78, 5) is 12.2. The summed E-state index contributed by atoms with van der Waals surface area (Å²) in [7, 11) is 0. The predicted octanol–water partition coefficient (Wildman–Crippen LogP) is 2.44. The van der Waals surface area contributed by atoms with Crippen LogP contribution in [0.25, 0.3) is 0 Å². The Bertz CT molecular complexity index is 781. The minimum Gasteiger partial charge on any atom is -0.395 e. The number of hydrogen-bond acceptors (Lipinski definition) is 5. The standard InChI is InChI=1S/C20H23F3N4O/c21-20(22,23)6-7-26-12-19(13-26)18(16-4-2-1-3-5-16)17(11-28)27(19)10-15-8-24-14-25-9-15/h1-5,8-9,14,17-18,28H,6-7,10-13H2/t17-,18+/m0/s1. The summed E-state index contributed by atoms with van der Waals surface area (Å²) in [5, 5.41) is 10.1. The van der Waals surface area contributed by atoms with Gasteiger partial charge in [-0.3, -0.25) is 9.80 Å². The van der Waals surface area contributed by atoms with Gasteiger partial charge in [0.05, 0.1) is 18.6 Å². The fourth-order valence-electron chi connectivity index (χ4n) is 4.79. The molecular formula is C20H23F3N4O. The van der Waals surface area contributed by atoms with Gasteiger partial charge in [0.15, 0.2) is 0 Å². The molecule has 5 nitrogen and oxygen atoms in total. The van der Waals surface area contributed by atoms with E-state index in [1.807, 2.05) is 35.2 Å². The molecule has 3 heterocycles. The summed E-state index contributed by atoms with van der Waals surface area (Å²) in [5.74, 6) is 0.0884. The van der Waals surface area contributed by atoms with E-state index in [9.17, 15) is 18.3 Å². The third kappa shape index (κ3) is 3.52. The molecule has 28 heavy (non-hydrogen) atoms. The Labute approximate surface area is 161 Å². The van der Waals surface area contributed by atoms with Crippen LogP contribution in [0.15, 0.2) is 49.1 Å². The molecule has 0 amide bonds. The van der Waals surface area contributed by atoms with Crippen molar-refractivity contribution in [3.05, 3.63) is 60.2 Å². The Hall–Kier alpha value is -2.03. The second kappa shape index (κ2) is 7.42. The van der Waals surface area contributed by atoms with Gasteiger partial charge in [0.1, 0.15) is 6.33 Å². The quantitative estimate of drug-likeness (QED) is 0.819. The smallest absolute Gasteiger partial charge is 0.390 e. The molecule has 0 radical (unpaired) electrons. The fourth-order valence-corrected chi connectivity index (χ4v) is 4.79. The molecule has 2 atom stereocenters. The Morgan fingerprint density at radius 1 is 1.11 bits per heavy atom. The predicted molar refractivity (Wildman–Crippen MR) is 97.5 cm³/mol. The summed E-state index contributed by atoms with van der Waals surface area (Å²) >= 11 is 0. The molecule has 8 heteroatoms. The minimum absolute atomic E-state index is 0.00243. The summed E-state index contributed by atoms with van der Waals surface area (Å²) in [5.41, 5.74) is 1.79. The van der Waals surface area contributed by atoms with Gasteiger partial charge in [-0.1, -0.05) is 30.3 Å². The fraction of sp³-hybridized carbons (Fsp3) is 0.500. The molecule has 2 aromatic rings. The first kappa shape index (κ1) is 19.3. The van der Waals surface area contributed by atoms with E-state index in [0.717, 1.165) is 11.1 Å². The lowest BCUT2D eigenvalue weighted by molar-refractivity contribution is -0.204. The Balaban J connectivity index is 1.55. The molecule has 1 spiro atoms. The molecule has 2 saturated heterocycles. The van der Waals surface area contributed by atoms with Gasteiger partial charge in [0.25, 0.3) is 0 Å². The molecule has 0 bridgehead atoms. The highest BCUT2D eigenvalue weighted by Gasteiger charge is 2.65. The first-order chi connectivity index (χ1) is 13.4. The van der Waals surface area contributed by atoms with Crippen LogP contribution in [0.3, 0.4) is 0 Å². The van der Waals surface area contributed by atoms with E-state index in [1.165, 1.54) is 6.33 Å². The number of aromatic nitrogens is 2. The van der Waals surface area contributed by atoms with Gasteiger partial charge in [0, 0.05) is 56.1 Å². The van der Waals surface area contributed by atoms with Crippen molar-refractivity contribution in [2.24, 2.45) is 0 Å². The molecule has 1 aromatic carbocycles. The van der Waals surface area contributed by atoms with E-state index in [1.54, 1.807) is 12.4 Å². The van der Waals surface area contributed by atoms with Crippen LogP contribution >= 0.6 is 0 Å². The van der Waals surface area contributed by atoms with Gasteiger partial charge in [-0.05, 0) is 5.56 Å². The van der Waals surface area contributed by atoms with Crippen molar-refractivity contribution in [2.75, 3.05) is 26.2 Å². The van der Waals surface area contributed by atoms with Crippen molar-refractivity contribution in [3.63, 3.8) is 0 Å². The maximum absolute atomic E-state index is 12.6. The van der Waals surface area contributed by atoms with Crippen LogP contribution in [0.1, 0.15) is 23.5 Å². The zero-order valence-electron chi connectivity index (χ0n) is 15.4. The number of hydrogen-bond donors (Lipinski definition) is 1. The molecule has 150 valence electrons. The van der Waals surface area contributed by atoms with Crippen molar-refractivity contribution >= 4 is 0 Å². The molecule has 1 N–H and O–H groups in total. The van der Waals surface area contributed by atoms with Crippen molar-refractivity contribution in [2.45, 2.75) is 36.6 Å². The van der Waals surface area contributed by atoms with Crippen LogP contribution in [-0.4, -0.2) is 68.9 Å². The zero-order valence-corrected chi connectivity index (χ0v) is 15.4. The largest absolute Gasteiger partial charge is 0.395 e. The topological polar surface area (TPSA) is 52.5 Å². The van der Waals surface area contributed by atoms with E-state index in [0.29, 0.717) is 19.6 Å². The highest BCUT2D eigenvalue weighted by atomic mass is 19.4. The number of rotatable bonds is 6. The zero-order chi connectivity index (χ0) is 19.8. The first-order valence-corrected chi connectivity index (χ1v) is 9.38. The molecule has 2 fully saturated rings. The molecule has 0 unspecified atom stereocenters. The van der Waals surface area contributed by atoms with Crippen molar-refractivity contribution in [3.8, 4) is 0 Å². The van der Waals surface area contributed by atoms with Gasteiger partial charge in [-0.25, -0.2) is 9.97 Å². The van der Waals surface area contributed by atoms with E-state index >= 15 is 0 Å². The van der Waals surface area contributed by atoms with E-state index in [-0.39, 0.29) is 30.7 Å². The number of aliphatic hydroxyl groups excluding tert-OH is 1. The maximum Gasteiger partial charge on any atom is 0.390 e. The Kier molecular flexibility index (Phi) is 5.11. The summed E-state index contributed by atoms with van der Waals surface area (Å²) in [6.07, 6.45) is 0.00889. The first-order valence-electron chi connectivity index (χ1n) is 9.38. The Morgan fingerprint density at radius 2 is 1.79 bits per heavy atom. The molecule has 4 rings (SSSR count). The molecule has 1 aromatic heterocycles. The summed E-state index contributed by atoms with van der Waals surface area (Å²) < 4.78 is 37.8. The monoisotopic (exact) mass is 392 g/mol. The molecular weight excluding hydrogens is 369 g/mol. The molecule has 0 saturated carbocycles. The van der Waals surface area contributed by atoms with Crippen LogP contribution in [0, 0.1) is 0 Å². The second-order valence-electron chi connectivity index (χ2n) is 7.69. The number of halogens is 3. The summed E-state index contributed by atoms with van der Waals surface area (Å²) in [6, 6.07) is 9.87. The van der Waals surface area contributed by atoms with Crippen LogP contribution < -0.4 is 0 Å². The van der Waals surface area contributed by atoms with Crippen LogP contribution in [-0.2, 0) is 6.54 Å². The number of benzene rings is 1. The normalized spacial score (nSPS) is 24.7. The lowest BCUT2D eigenvalue weighted by Crippen LogP contribution is -2.84. The van der Waals surface area contributed by atoms with E-state index in [4.69, 9.17) is 0 Å². The van der Waals surface area contributed by atoms with Crippen molar-refractivity contribution < 1.29 is 18.3 Å². The van der Waals surface area contributed by atoms with Crippen LogP contribution in [0.5, 0.6) is 0 Å². The second-order valence-corrected chi connectivity index (χ2v) is 7.69. The highest BCUT2D eigenvalue weighted by Crippen LogP contribution is 2.54. The minimum atomic E-state index is -4.14. The van der Waals surface area contributed by atoms with Gasteiger partial charge in [-0.2, -0.15) is 13.2 Å². The average Bonchev–Trinajstić information content (AvgIpc) is 2.64. The maximum atomic E-state index is 12.6. The number of nitrogens with zero attached hydrogens (tertiary/aromatic N) is 4. The van der Waals surface area contributed by atoms with Gasteiger partial charge in [0.2, 0.25) is 0 Å². The molecule has 2 aliphatic rings. The van der Waals surface area contributed by atoms with Crippen molar-refractivity contribution in [1.82, 2.24) is 19.8 Å².